The molecule has 3 aromatic carbocycles. The van der Waals surface area contributed by atoms with Crippen molar-refractivity contribution < 1.29 is 15.0 Å². The number of aromatic hydroxyl groups is 1. The Kier molecular flexibility index (Phi) is 5.83. The number of phenolic OH excluding ortho intramolecular Hbond substituents is 1. The Labute approximate surface area is 194 Å². The van der Waals surface area contributed by atoms with E-state index in [-0.39, 0.29) is 17.7 Å². The zero-order valence-electron chi connectivity index (χ0n) is 19.2. The van der Waals surface area contributed by atoms with E-state index in [4.69, 9.17) is 0 Å². The summed E-state index contributed by atoms with van der Waals surface area (Å²) >= 11 is 0. The van der Waals surface area contributed by atoms with Crippen molar-refractivity contribution in [3.63, 3.8) is 0 Å². The normalized spacial score (nSPS) is 22.2. The second kappa shape index (κ2) is 8.78. The van der Waals surface area contributed by atoms with E-state index < -0.39 is 6.10 Å². The maximum atomic E-state index is 13.3. The van der Waals surface area contributed by atoms with E-state index in [1.807, 2.05) is 49.4 Å². The lowest BCUT2D eigenvalue weighted by Gasteiger charge is -2.37. The third kappa shape index (κ3) is 4.22. The summed E-state index contributed by atoms with van der Waals surface area (Å²) in [4.78, 5) is 19.7. The molecule has 0 aromatic heterocycles. The number of β-amino-alcohol motifs (C(OH)–C–C–N with tert-alkyl or cyclic N) is 1. The Bertz CT molecular complexity index is 1190. The highest BCUT2D eigenvalue weighted by atomic mass is 16.3. The van der Waals surface area contributed by atoms with Crippen LogP contribution in [0, 0.1) is 6.92 Å². The van der Waals surface area contributed by atoms with Gasteiger partial charge in [0, 0.05) is 44.8 Å². The zero-order chi connectivity index (χ0) is 23.1. The van der Waals surface area contributed by atoms with Crippen molar-refractivity contribution in [2.45, 2.75) is 19.1 Å². The van der Waals surface area contributed by atoms with Gasteiger partial charge in [-0.15, -0.1) is 0 Å². The van der Waals surface area contributed by atoms with Crippen LogP contribution >= 0.6 is 0 Å². The number of likely N-dealkylation sites (N-methyl/N-ethyl adjacent to an activating group) is 1. The first-order chi connectivity index (χ1) is 15.9. The summed E-state index contributed by atoms with van der Waals surface area (Å²) in [6.45, 7) is 6.66. The lowest BCUT2D eigenvalue weighted by atomic mass is 9.95. The third-order valence-corrected chi connectivity index (χ3v) is 7.19. The molecule has 33 heavy (non-hydrogen) atoms. The second-order valence-electron chi connectivity index (χ2n) is 9.43. The number of carbonyl (C=O) groups is 1. The fraction of sp³-hybridized carbons (Fsp3) is 0.370. The van der Waals surface area contributed by atoms with E-state index in [1.54, 1.807) is 11.0 Å². The van der Waals surface area contributed by atoms with Crippen molar-refractivity contribution in [3.8, 4) is 16.9 Å². The summed E-state index contributed by atoms with van der Waals surface area (Å²) in [5, 5.41) is 22.6. The number of fused-ring (bicyclic) bond motifs is 1. The first kappa shape index (κ1) is 21.9. The van der Waals surface area contributed by atoms with Crippen LogP contribution in [0.2, 0.25) is 0 Å². The number of piperazine rings is 1. The van der Waals surface area contributed by atoms with Crippen molar-refractivity contribution in [3.05, 3.63) is 65.7 Å². The maximum absolute atomic E-state index is 13.3. The first-order valence-corrected chi connectivity index (χ1v) is 11.6. The number of rotatable bonds is 3. The molecule has 2 fully saturated rings. The minimum atomic E-state index is -0.512. The summed E-state index contributed by atoms with van der Waals surface area (Å²) in [6.07, 6.45) is -0.512. The van der Waals surface area contributed by atoms with E-state index in [2.05, 4.69) is 22.9 Å². The Morgan fingerprint density at radius 2 is 1.76 bits per heavy atom. The van der Waals surface area contributed by atoms with Crippen molar-refractivity contribution in [1.82, 2.24) is 14.7 Å². The molecule has 2 atom stereocenters. The minimum absolute atomic E-state index is 0.00689. The van der Waals surface area contributed by atoms with Gasteiger partial charge in [0.1, 0.15) is 5.75 Å². The Morgan fingerprint density at radius 1 is 0.970 bits per heavy atom. The highest BCUT2D eigenvalue weighted by molar-refractivity contribution is 6.02. The number of likely N-dealkylation sites (tertiary alicyclic amines) is 1. The Hall–Kier alpha value is -2.93. The maximum Gasteiger partial charge on any atom is 0.254 e. The number of phenols is 1. The molecule has 2 N–H and O–H groups in total. The molecular formula is C27H31N3O3. The SMILES string of the molecule is Cc1cc(-c2cccc3cc(C(=O)N4C[C@H](O)[C@@H](N5CCN(C)CC5)C4)ccc23)ccc1O. The second-order valence-corrected chi connectivity index (χ2v) is 9.43. The lowest BCUT2D eigenvalue weighted by molar-refractivity contribution is 0.0512. The van der Waals surface area contributed by atoms with E-state index in [9.17, 15) is 15.0 Å². The van der Waals surface area contributed by atoms with Crippen LogP contribution in [0.25, 0.3) is 21.9 Å². The third-order valence-electron chi connectivity index (χ3n) is 7.19. The minimum Gasteiger partial charge on any atom is -0.508 e. The molecule has 0 saturated carbocycles. The predicted octanol–water partition coefficient (Wildman–Crippen LogP) is 2.95. The number of aliphatic hydroxyl groups is 1. The molecule has 1 amide bonds. The molecule has 0 unspecified atom stereocenters. The largest absolute Gasteiger partial charge is 0.508 e. The molecule has 3 aromatic rings. The molecule has 0 radical (unpaired) electrons. The van der Waals surface area contributed by atoms with Gasteiger partial charge >= 0.3 is 0 Å². The molecule has 2 heterocycles. The lowest BCUT2D eigenvalue weighted by Crippen LogP contribution is -2.52. The van der Waals surface area contributed by atoms with Crippen LogP contribution in [0.5, 0.6) is 5.75 Å². The predicted molar refractivity (Wildman–Crippen MR) is 131 cm³/mol. The molecule has 0 aliphatic carbocycles. The van der Waals surface area contributed by atoms with Crippen LogP contribution in [-0.2, 0) is 0 Å². The number of benzene rings is 3. The molecule has 0 bridgehead atoms. The molecule has 2 aliphatic heterocycles. The van der Waals surface area contributed by atoms with Crippen LogP contribution in [-0.4, -0.2) is 89.3 Å². The van der Waals surface area contributed by atoms with Crippen molar-refractivity contribution in [1.29, 1.82) is 0 Å². The summed E-state index contributed by atoms with van der Waals surface area (Å²) in [6, 6.07) is 17.5. The fourth-order valence-electron chi connectivity index (χ4n) is 5.12. The van der Waals surface area contributed by atoms with Crippen LogP contribution < -0.4 is 0 Å². The van der Waals surface area contributed by atoms with E-state index in [0.717, 1.165) is 53.6 Å². The van der Waals surface area contributed by atoms with E-state index >= 15 is 0 Å². The van der Waals surface area contributed by atoms with Gasteiger partial charge in [-0.3, -0.25) is 9.69 Å². The first-order valence-electron chi connectivity index (χ1n) is 11.6. The summed E-state index contributed by atoms with van der Waals surface area (Å²) in [7, 11) is 2.12. The number of amides is 1. The number of nitrogens with zero attached hydrogens (tertiary/aromatic N) is 3. The summed E-state index contributed by atoms with van der Waals surface area (Å²) in [5.74, 6) is 0.257. The molecule has 0 spiro atoms. The number of hydrogen-bond donors (Lipinski definition) is 2. The number of aryl methyl sites for hydroxylation is 1. The highest BCUT2D eigenvalue weighted by Gasteiger charge is 2.38. The van der Waals surface area contributed by atoms with E-state index in [0.29, 0.717) is 18.7 Å². The van der Waals surface area contributed by atoms with Gasteiger partial charge in [0.05, 0.1) is 12.1 Å². The van der Waals surface area contributed by atoms with Crippen LogP contribution in [0.3, 0.4) is 0 Å². The molecule has 2 saturated heterocycles. The van der Waals surface area contributed by atoms with Gasteiger partial charge < -0.3 is 20.0 Å². The highest BCUT2D eigenvalue weighted by Crippen LogP contribution is 2.32. The van der Waals surface area contributed by atoms with Gasteiger partial charge in [0.15, 0.2) is 0 Å². The average Bonchev–Trinajstić information content (AvgIpc) is 3.21. The van der Waals surface area contributed by atoms with Gasteiger partial charge in [0.2, 0.25) is 0 Å². The summed E-state index contributed by atoms with van der Waals surface area (Å²) < 4.78 is 0. The van der Waals surface area contributed by atoms with Crippen molar-refractivity contribution in [2.24, 2.45) is 0 Å². The molecule has 172 valence electrons. The van der Waals surface area contributed by atoms with Crippen LogP contribution in [0.4, 0.5) is 0 Å². The van der Waals surface area contributed by atoms with Gasteiger partial charge in [-0.25, -0.2) is 0 Å². The fourth-order valence-corrected chi connectivity index (χ4v) is 5.12. The van der Waals surface area contributed by atoms with Crippen molar-refractivity contribution >= 4 is 16.7 Å². The number of carbonyl (C=O) groups excluding carboxylic acids is 1. The van der Waals surface area contributed by atoms with Gasteiger partial charge in [-0.1, -0.05) is 30.3 Å². The smallest absolute Gasteiger partial charge is 0.254 e. The molecule has 5 rings (SSSR count). The van der Waals surface area contributed by atoms with Crippen LogP contribution in [0.1, 0.15) is 15.9 Å². The van der Waals surface area contributed by atoms with E-state index in [1.165, 1.54) is 0 Å². The standard InChI is InChI=1S/C27H31N3O3/c1-18-14-20(7-9-25(18)31)22-5-3-4-19-15-21(6-8-23(19)22)27(33)30-16-24(26(32)17-30)29-12-10-28(2)11-13-29/h3-9,14-15,24,26,31-32H,10-13,16-17H2,1-2H3/t24-,26-/m0/s1. The molecule has 6 nitrogen and oxygen atoms in total. The van der Waals surface area contributed by atoms with Crippen LogP contribution in [0.15, 0.2) is 54.6 Å². The molecule has 6 heteroatoms. The number of hydrogen-bond acceptors (Lipinski definition) is 5. The topological polar surface area (TPSA) is 67.3 Å². The molecular weight excluding hydrogens is 414 g/mol. The quantitative estimate of drug-likeness (QED) is 0.649. The monoisotopic (exact) mass is 445 g/mol. The van der Waals surface area contributed by atoms with Gasteiger partial charge in [-0.2, -0.15) is 0 Å². The van der Waals surface area contributed by atoms with Gasteiger partial charge in [0.25, 0.3) is 5.91 Å². The summed E-state index contributed by atoms with van der Waals surface area (Å²) in [5.41, 5.74) is 3.58. The number of aliphatic hydroxyl groups excluding tert-OH is 1. The van der Waals surface area contributed by atoms with Gasteiger partial charge in [-0.05, 0) is 65.7 Å². The Morgan fingerprint density at radius 3 is 2.52 bits per heavy atom. The Balaban J connectivity index is 1.38. The zero-order valence-corrected chi connectivity index (χ0v) is 19.2. The van der Waals surface area contributed by atoms with Crippen molar-refractivity contribution in [2.75, 3.05) is 46.3 Å². The average molecular weight is 446 g/mol. The molecule has 2 aliphatic rings.